The normalized spacial score (nSPS) is 15.3. The van der Waals surface area contributed by atoms with Crippen LogP contribution in [0, 0.1) is 2.88 Å². The van der Waals surface area contributed by atoms with Gasteiger partial charge in [-0.25, -0.2) is 4.98 Å². The Morgan fingerprint density at radius 3 is 2.62 bits per heavy atom. The van der Waals surface area contributed by atoms with Gasteiger partial charge in [-0.3, -0.25) is 4.79 Å². The van der Waals surface area contributed by atoms with Gasteiger partial charge in [-0.05, 0) is 40.8 Å². The molecule has 3 rings (SSSR count). The fourth-order valence-corrected chi connectivity index (χ4v) is 3.65. The fourth-order valence-electron chi connectivity index (χ4n) is 2.33. The molecule has 110 valence electrons. The molecule has 0 saturated carbocycles. The number of nitrogens with zero attached hydrogens (tertiary/aromatic N) is 3. The van der Waals surface area contributed by atoms with Crippen LogP contribution in [-0.2, 0) is 0 Å². The van der Waals surface area contributed by atoms with Crippen molar-refractivity contribution in [2.75, 3.05) is 36.8 Å². The SMILES string of the molecule is Nc1ccc(N2CCN(C(=O)c3csc(I)c3)CC2)nc1. The van der Waals surface area contributed by atoms with Gasteiger partial charge in [-0.1, -0.05) is 0 Å². The zero-order valence-electron chi connectivity index (χ0n) is 11.3. The van der Waals surface area contributed by atoms with Gasteiger partial charge in [0.05, 0.1) is 20.3 Å². The van der Waals surface area contributed by atoms with Gasteiger partial charge >= 0.3 is 0 Å². The minimum absolute atomic E-state index is 0.124. The van der Waals surface area contributed by atoms with Crippen LogP contribution >= 0.6 is 33.9 Å². The van der Waals surface area contributed by atoms with Crippen LogP contribution in [0.2, 0.25) is 0 Å². The molecule has 3 heterocycles. The van der Waals surface area contributed by atoms with E-state index >= 15 is 0 Å². The lowest BCUT2D eigenvalue weighted by atomic mass is 10.2. The van der Waals surface area contributed by atoms with E-state index in [4.69, 9.17) is 5.73 Å². The van der Waals surface area contributed by atoms with Gasteiger partial charge in [0.2, 0.25) is 0 Å². The Hall–Kier alpha value is -1.35. The molecule has 5 nitrogen and oxygen atoms in total. The first kappa shape index (κ1) is 14.6. The molecule has 0 atom stereocenters. The number of piperazine rings is 1. The molecule has 1 aliphatic rings. The molecule has 1 fully saturated rings. The van der Waals surface area contributed by atoms with Crippen molar-refractivity contribution in [2.45, 2.75) is 0 Å². The first-order valence-corrected chi connectivity index (χ1v) is 8.59. The number of nitrogen functional groups attached to an aromatic ring is 1. The van der Waals surface area contributed by atoms with Gasteiger partial charge in [0.1, 0.15) is 5.82 Å². The highest BCUT2D eigenvalue weighted by molar-refractivity contribution is 14.1. The molecule has 0 aliphatic carbocycles. The van der Waals surface area contributed by atoms with Gasteiger partial charge < -0.3 is 15.5 Å². The quantitative estimate of drug-likeness (QED) is 0.767. The predicted molar refractivity (Wildman–Crippen MR) is 93.8 cm³/mol. The summed E-state index contributed by atoms with van der Waals surface area (Å²) in [5, 5.41) is 1.93. The summed E-state index contributed by atoms with van der Waals surface area (Å²) in [7, 11) is 0. The van der Waals surface area contributed by atoms with Gasteiger partial charge in [0.25, 0.3) is 5.91 Å². The number of anilines is 2. The Morgan fingerprint density at radius 1 is 1.29 bits per heavy atom. The van der Waals surface area contributed by atoms with Crippen molar-refractivity contribution >= 4 is 51.3 Å². The number of nitrogens with two attached hydrogens (primary N) is 1. The zero-order valence-corrected chi connectivity index (χ0v) is 14.3. The molecular formula is C14H15IN4OS. The summed E-state index contributed by atoms with van der Waals surface area (Å²) in [6, 6.07) is 5.72. The number of rotatable bonds is 2. The Labute approximate surface area is 140 Å². The Morgan fingerprint density at radius 2 is 2.05 bits per heavy atom. The molecule has 7 heteroatoms. The first-order valence-electron chi connectivity index (χ1n) is 6.63. The van der Waals surface area contributed by atoms with Crippen molar-refractivity contribution in [3.8, 4) is 0 Å². The van der Waals surface area contributed by atoms with Crippen LogP contribution in [0.5, 0.6) is 0 Å². The molecule has 0 bridgehead atoms. The number of amides is 1. The topological polar surface area (TPSA) is 62.5 Å². The molecule has 1 aliphatic heterocycles. The summed E-state index contributed by atoms with van der Waals surface area (Å²) in [6.07, 6.45) is 1.67. The van der Waals surface area contributed by atoms with Crippen molar-refractivity contribution in [1.29, 1.82) is 0 Å². The van der Waals surface area contributed by atoms with E-state index in [-0.39, 0.29) is 5.91 Å². The number of carbonyl (C=O) groups excluding carboxylic acids is 1. The average Bonchev–Trinajstić information content (AvgIpc) is 2.94. The zero-order chi connectivity index (χ0) is 14.8. The van der Waals surface area contributed by atoms with E-state index in [9.17, 15) is 4.79 Å². The van der Waals surface area contributed by atoms with Crippen LogP contribution in [0.15, 0.2) is 29.8 Å². The fraction of sp³-hybridized carbons (Fsp3) is 0.286. The van der Waals surface area contributed by atoms with E-state index in [0.717, 1.165) is 40.4 Å². The van der Waals surface area contributed by atoms with Crippen LogP contribution in [-0.4, -0.2) is 42.0 Å². The van der Waals surface area contributed by atoms with Gasteiger partial charge in [-0.15, -0.1) is 11.3 Å². The van der Waals surface area contributed by atoms with Crippen molar-refractivity contribution in [1.82, 2.24) is 9.88 Å². The monoisotopic (exact) mass is 414 g/mol. The predicted octanol–water partition coefficient (Wildman–Crippen LogP) is 2.29. The van der Waals surface area contributed by atoms with Crippen molar-refractivity contribution < 1.29 is 4.79 Å². The second kappa shape index (κ2) is 6.18. The number of hydrogen-bond donors (Lipinski definition) is 1. The molecule has 0 aromatic carbocycles. The lowest BCUT2D eigenvalue weighted by Gasteiger charge is -2.35. The van der Waals surface area contributed by atoms with Crippen molar-refractivity contribution in [2.24, 2.45) is 0 Å². The molecule has 2 aromatic heterocycles. The summed E-state index contributed by atoms with van der Waals surface area (Å²) < 4.78 is 1.14. The summed E-state index contributed by atoms with van der Waals surface area (Å²) in [4.78, 5) is 20.8. The highest BCUT2D eigenvalue weighted by Crippen LogP contribution is 2.20. The number of pyridine rings is 1. The molecule has 2 N–H and O–H groups in total. The van der Waals surface area contributed by atoms with E-state index in [1.807, 2.05) is 28.5 Å². The molecule has 1 amide bonds. The highest BCUT2D eigenvalue weighted by Gasteiger charge is 2.23. The van der Waals surface area contributed by atoms with Crippen LogP contribution in [0.4, 0.5) is 11.5 Å². The lowest BCUT2D eigenvalue weighted by molar-refractivity contribution is 0.0747. The molecular weight excluding hydrogens is 399 g/mol. The van der Waals surface area contributed by atoms with E-state index in [2.05, 4.69) is 32.5 Å². The van der Waals surface area contributed by atoms with E-state index in [0.29, 0.717) is 5.69 Å². The number of thiophene rings is 1. The van der Waals surface area contributed by atoms with Crippen LogP contribution in [0.1, 0.15) is 10.4 Å². The van der Waals surface area contributed by atoms with Crippen LogP contribution in [0.3, 0.4) is 0 Å². The maximum Gasteiger partial charge on any atom is 0.254 e. The number of halogens is 1. The number of hydrogen-bond acceptors (Lipinski definition) is 5. The number of carbonyl (C=O) groups is 1. The minimum atomic E-state index is 0.124. The lowest BCUT2D eigenvalue weighted by Crippen LogP contribution is -2.49. The maximum atomic E-state index is 12.4. The van der Waals surface area contributed by atoms with E-state index in [1.54, 1.807) is 17.5 Å². The molecule has 2 aromatic rings. The largest absolute Gasteiger partial charge is 0.397 e. The molecule has 0 unspecified atom stereocenters. The van der Waals surface area contributed by atoms with Crippen LogP contribution < -0.4 is 10.6 Å². The van der Waals surface area contributed by atoms with Crippen molar-refractivity contribution in [3.63, 3.8) is 0 Å². The second-order valence-corrected chi connectivity index (χ2v) is 7.67. The third-order valence-corrected chi connectivity index (χ3v) is 5.27. The molecule has 0 radical (unpaired) electrons. The summed E-state index contributed by atoms with van der Waals surface area (Å²) >= 11 is 3.84. The number of aromatic nitrogens is 1. The van der Waals surface area contributed by atoms with E-state index < -0.39 is 0 Å². The maximum absolute atomic E-state index is 12.4. The highest BCUT2D eigenvalue weighted by atomic mass is 127. The first-order chi connectivity index (χ1) is 10.1. The Bertz CT molecular complexity index is 635. The smallest absolute Gasteiger partial charge is 0.254 e. The average molecular weight is 414 g/mol. The third kappa shape index (κ3) is 3.29. The van der Waals surface area contributed by atoms with Gasteiger partial charge in [0.15, 0.2) is 0 Å². The molecule has 1 saturated heterocycles. The molecule has 21 heavy (non-hydrogen) atoms. The molecule has 0 spiro atoms. The summed E-state index contributed by atoms with van der Waals surface area (Å²) in [5.41, 5.74) is 7.11. The summed E-state index contributed by atoms with van der Waals surface area (Å²) in [6.45, 7) is 3.03. The van der Waals surface area contributed by atoms with E-state index in [1.165, 1.54) is 0 Å². The standard InChI is InChI=1S/C14H15IN4OS/c15-12-7-10(9-21-12)14(20)19-5-3-18(4-6-19)13-2-1-11(16)8-17-13/h1-2,7-9H,3-6,16H2. The van der Waals surface area contributed by atoms with Crippen molar-refractivity contribution in [3.05, 3.63) is 38.2 Å². The summed E-state index contributed by atoms with van der Waals surface area (Å²) in [5.74, 6) is 1.04. The second-order valence-electron chi connectivity index (χ2n) is 4.87. The minimum Gasteiger partial charge on any atom is -0.397 e. The van der Waals surface area contributed by atoms with Gasteiger partial charge in [-0.2, -0.15) is 0 Å². The Kier molecular flexibility index (Phi) is 4.29. The van der Waals surface area contributed by atoms with Gasteiger partial charge in [0, 0.05) is 31.6 Å². The Balaban J connectivity index is 1.62. The van der Waals surface area contributed by atoms with Crippen LogP contribution in [0.25, 0.3) is 0 Å². The third-order valence-electron chi connectivity index (χ3n) is 3.48.